The molecule has 0 spiro atoms. The van der Waals surface area contributed by atoms with Gasteiger partial charge in [0.2, 0.25) is 0 Å². The second-order valence-corrected chi connectivity index (χ2v) is 5.93. The van der Waals surface area contributed by atoms with E-state index in [1.807, 2.05) is 0 Å². The van der Waals surface area contributed by atoms with Crippen LogP contribution < -0.4 is 5.32 Å². The Labute approximate surface area is 124 Å². The van der Waals surface area contributed by atoms with Crippen molar-refractivity contribution in [2.45, 2.75) is 30.2 Å². The lowest BCUT2D eigenvalue weighted by molar-refractivity contribution is 0.0928. The summed E-state index contributed by atoms with van der Waals surface area (Å²) in [5.74, 6) is -0.125. The van der Waals surface area contributed by atoms with E-state index in [2.05, 4.69) is 29.9 Å². The van der Waals surface area contributed by atoms with Gasteiger partial charge >= 0.3 is 0 Å². The number of thiol groups is 1. The maximum atomic E-state index is 12.1. The van der Waals surface area contributed by atoms with Crippen molar-refractivity contribution < 1.29 is 4.79 Å². The summed E-state index contributed by atoms with van der Waals surface area (Å²) in [5, 5.41) is 3.43. The SMILES string of the molecule is CN1CCCCC1CNC(=O)c1cc(S)ccc1Cl. The Morgan fingerprint density at radius 1 is 1.53 bits per heavy atom. The van der Waals surface area contributed by atoms with E-state index < -0.39 is 0 Å². The van der Waals surface area contributed by atoms with Gasteiger partial charge in [0.1, 0.15) is 0 Å². The van der Waals surface area contributed by atoms with Crippen LogP contribution in [0.1, 0.15) is 29.6 Å². The van der Waals surface area contributed by atoms with Gasteiger partial charge in [-0.2, -0.15) is 0 Å². The number of piperidine rings is 1. The molecule has 0 aromatic heterocycles. The van der Waals surface area contributed by atoms with Crippen molar-refractivity contribution >= 4 is 30.1 Å². The molecular weight excluding hydrogens is 280 g/mol. The molecule has 0 aliphatic carbocycles. The normalized spacial score (nSPS) is 20.3. The number of halogens is 1. The molecule has 104 valence electrons. The minimum absolute atomic E-state index is 0.125. The molecule has 1 N–H and O–H groups in total. The summed E-state index contributed by atoms with van der Waals surface area (Å²) in [6, 6.07) is 5.60. The van der Waals surface area contributed by atoms with Gasteiger partial charge in [0.25, 0.3) is 5.91 Å². The van der Waals surface area contributed by atoms with Crippen molar-refractivity contribution in [2.75, 3.05) is 20.1 Å². The highest BCUT2D eigenvalue weighted by Crippen LogP contribution is 2.20. The third kappa shape index (κ3) is 3.88. The third-order valence-electron chi connectivity index (χ3n) is 3.61. The molecule has 2 rings (SSSR count). The summed E-state index contributed by atoms with van der Waals surface area (Å²) in [5.41, 5.74) is 0.493. The summed E-state index contributed by atoms with van der Waals surface area (Å²) in [6.45, 7) is 1.77. The number of carbonyl (C=O) groups excluding carboxylic acids is 1. The molecule has 0 bridgehead atoms. The Morgan fingerprint density at radius 2 is 2.32 bits per heavy atom. The van der Waals surface area contributed by atoms with Gasteiger partial charge in [0.15, 0.2) is 0 Å². The highest BCUT2D eigenvalue weighted by atomic mass is 35.5. The van der Waals surface area contributed by atoms with Crippen molar-refractivity contribution in [3.8, 4) is 0 Å². The van der Waals surface area contributed by atoms with Gasteiger partial charge in [0, 0.05) is 17.5 Å². The molecule has 1 aromatic rings. The first-order chi connectivity index (χ1) is 9.08. The predicted molar refractivity (Wildman–Crippen MR) is 81.3 cm³/mol. The van der Waals surface area contributed by atoms with E-state index >= 15 is 0 Å². The Kier molecular flexibility index (Phi) is 5.13. The summed E-state index contributed by atoms with van der Waals surface area (Å²) >= 11 is 10.3. The largest absolute Gasteiger partial charge is 0.350 e. The van der Waals surface area contributed by atoms with Crippen LogP contribution in [0, 0.1) is 0 Å². The maximum Gasteiger partial charge on any atom is 0.252 e. The summed E-state index contributed by atoms with van der Waals surface area (Å²) in [4.78, 5) is 15.2. The molecule has 5 heteroatoms. The fourth-order valence-electron chi connectivity index (χ4n) is 2.40. The molecule has 1 atom stereocenters. The molecule has 3 nitrogen and oxygen atoms in total. The van der Waals surface area contributed by atoms with E-state index in [0.29, 0.717) is 23.2 Å². The highest BCUT2D eigenvalue weighted by molar-refractivity contribution is 7.80. The Balaban J connectivity index is 1.95. The standard InChI is InChI=1S/C14H19ClN2OS/c1-17-7-3-2-4-10(17)9-16-14(18)12-8-11(19)5-6-13(12)15/h5-6,8,10,19H,2-4,7,9H2,1H3,(H,16,18). The second kappa shape index (κ2) is 6.64. The first kappa shape index (κ1) is 14.7. The van der Waals surface area contributed by atoms with Gasteiger partial charge in [-0.1, -0.05) is 18.0 Å². The molecule has 1 aliphatic heterocycles. The highest BCUT2D eigenvalue weighted by Gasteiger charge is 2.20. The Hall–Kier alpha value is -0.710. The Morgan fingerprint density at radius 3 is 3.05 bits per heavy atom. The lowest BCUT2D eigenvalue weighted by atomic mass is 10.0. The summed E-state index contributed by atoms with van der Waals surface area (Å²) in [7, 11) is 2.11. The average Bonchev–Trinajstić information content (AvgIpc) is 2.40. The minimum Gasteiger partial charge on any atom is -0.350 e. The number of hydrogen-bond acceptors (Lipinski definition) is 3. The van der Waals surface area contributed by atoms with Crippen LogP contribution in [0.5, 0.6) is 0 Å². The number of nitrogens with zero attached hydrogens (tertiary/aromatic N) is 1. The summed E-state index contributed by atoms with van der Waals surface area (Å²) < 4.78 is 0. The molecule has 1 saturated heterocycles. The van der Waals surface area contributed by atoms with Crippen LogP contribution in [-0.2, 0) is 0 Å². The molecule has 1 amide bonds. The van der Waals surface area contributed by atoms with Crippen LogP contribution in [0.25, 0.3) is 0 Å². The Bertz CT molecular complexity index is 467. The van der Waals surface area contributed by atoms with Crippen molar-refractivity contribution in [3.05, 3.63) is 28.8 Å². The van der Waals surface area contributed by atoms with Crippen LogP contribution >= 0.6 is 24.2 Å². The number of amides is 1. The number of likely N-dealkylation sites (tertiary alicyclic amines) is 1. The zero-order valence-corrected chi connectivity index (χ0v) is 12.7. The molecule has 1 heterocycles. The van der Waals surface area contributed by atoms with Gasteiger partial charge in [-0.3, -0.25) is 4.79 Å². The van der Waals surface area contributed by atoms with Gasteiger partial charge in [-0.25, -0.2) is 0 Å². The summed E-state index contributed by atoms with van der Waals surface area (Å²) in [6.07, 6.45) is 3.61. The van der Waals surface area contributed by atoms with E-state index in [0.717, 1.165) is 17.9 Å². The predicted octanol–water partition coefficient (Wildman–Crippen LogP) is 2.84. The first-order valence-electron chi connectivity index (χ1n) is 6.55. The number of hydrogen-bond donors (Lipinski definition) is 2. The van der Waals surface area contributed by atoms with Gasteiger partial charge < -0.3 is 10.2 Å². The monoisotopic (exact) mass is 298 g/mol. The number of rotatable bonds is 3. The molecule has 0 saturated carbocycles. The molecule has 19 heavy (non-hydrogen) atoms. The van der Waals surface area contributed by atoms with Crippen LogP contribution in [0.3, 0.4) is 0 Å². The van der Waals surface area contributed by atoms with Crippen molar-refractivity contribution in [1.29, 1.82) is 0 Å². The van der Waals surface area contributed by atoms with Crippen molar-refractivity contribution in [3.63, 3.8) is 0 Å². The quantitative estimate of drug-likeness (QED) is 0.841. The van der Waals surface area contributed by atoms with E-state index in [-0.39, 0.29) is 5.91 Å². The third-order valence-corrected chi connectivity index (χ3v) is 4.22. The van der Waals surface area contributed by atoms with Crippen LogP contribution in [-0.4, -0.2) is 37.0 Å². The van der Waals surface area contributed by atoms with E-state index in [4.69, 9.17) is 11.6 Å². The number of benzene rings is 1. The van der Waals surface area contributed by atoms with Crippen molar-refractivity contribution in [1.82, 2.24) is 10.2 Å². The molecular formula is C14H19ClN2OS. The fraction of sp³-hybridized carbons (Fsp3) is 0.500. The van der Waals surface area contributed by atoms with Crippen molar-refractivity contribution in [2.24, 2.45) is 0 Å². The fourth-order valence-corrected chi connectivity index (χ4v) is 2.80. The average molecular weight is 299 g/mol. The van der Waals surface area contributed by atoms with Gasteiger partial charge in [0.05, 0.1) is 10.6 Å². The lowest BCUT2D eigenvalue weighted by Crippen LogP contribution is -2.44. The second-order valence-electron chi connectivity index (χ2n) is 5.00. The number of carbonyl (C=O) groups is 1. The smallest absolute Gasteiger partial charge is 0.252 e. The topological polar surface area (TPSA) is 32.3 Å². The van der Waals surface area contributed by atoms with Crippen LogP contribution in [0.2, 0.25) is 5.02 Å². The van der Waals surface area contributed by atoms with Gasteiger partial charge in [-0.15, -0.1) is 12.6 Å². The van der Waals surface area contributed by atoms with E-state index in [1.165, 1.54) is 12.8 Å². The lowest BCUT2D eigenvalue weighted by Gasteiger charge is -2.32. The minimum atomic E-state index is -0.125. The van der Waals surface area contributed by atoms with Gasteiger partial charge in [-0.05, 0) is 44.6 Å². The van der Waals surface area contributed by atoms with E-state index in [9.17, 15) is 4.79 Å². The zero-order chi connectivity index (χ0) is 13.8. The molecule has 1 unspecified atom stereocenters. The van der Waals surface area contributed by atoms with Crippen LogP contribution in [0.4, 0.5) is 0 Å². The number of nitrogens with one attached hydrogen (secondary N) is 1. The van der Waals surface area contributed by atoms with E-state index in [1.54, 1.807) is 18.2 Å². The zero-order valence-electron chi connectivity index (χ0n) is 11.0. The molecule has 1 aliphatic rings. The molecule has 0 radical (unpaired) electrons. The first-order valence-corrected chi connectivity index (χ1v) is 7.37. The molecule has 1 fully saturated rings. The molecule has 1 aromatic carbocycles. The maximum absolute atomic E-state index is 12.1. The number of likely N-dealkylation sites (N-methyl/N-ethyl adjacent to an activating group) is 1. The van der Waals surface area contributed by atoms with Crippen LogP contribution in [0.15, 0.2) is 23.1 Å².